The molecule has 0 radical (unpaired) electrons. The molecular formula is C12H13N3OS2. The monoisotopic (exact) mass is 279 g/mol. The van der Waals surface area contributed by atoms with Gasteiger partial charge in [0.25, 0.3) is 0 Å². The van der Waals surface area contributed by atoms with Crippen molar-refractivity contribution in [3.8, 4) is 0 Å². The number of hydrogen-bond acceptors (Lipinski definition) is 4. The van der Waals surface area contributed by atoms with Gasteiger partial charge in [-0.15, -0.1) is 11.3 Å². The number of carbonyl (C=O) groups excluding carboxylic acids is 1. The van der Waals surface area contributed by atoms with Crippen molar-refractivity contribution in [2.75, 3.05) is 5.32 Å². The van der Waals surface area contributed by atoms with Crippen LogP contribution in [-0.4, -0.2) is 15.9 Å². The second kappa shape index (κ2) is 5.41. The molecule has 1 aromatic heterocycles. The van der Waals surface area contributed by atoms with Crippen molar-refractivity contribution in [1.82, 2.24) is 4.98 Å². The van der Waals surface area contributed by atoms with Gasteiger partial charge in [0.15, 0.2) is 0 Å². The molecule has 18 heavy (non-hydrogen) atoms. The van der Waals surface area contributed by atoms with Crippen LogP contribution in [0.25, 0.3) is 10.2 Å². The highest BCUT2D eigenvalue weighted by atomic mass is 32.1. The largest absolute Gasteiger partial charge is 0.393 e. The van der Waals surface area contributed by atoms with E-state index in [9.17, 15) is 4.79 Å². The lowest BCUT2D eigenvalue weighted by molar-refractivity contribution is -0.118. The van der Waals surface area contributed by atoms with E-state index in [4.69, 9.17) is 18.0 Å². The van der Waals surface area contributed by atoms with E-state index in [-0.39, 0.29) is 10.9 Å². The molecule has 1 heterocycles. The molecule has 0 fully saturated rings. The number of nitrogens with one attached hydrogen (secondary N) is 1. The minimum atomic E-state index is -0.419. The first-order valence-electron chi connectivity index (χ1n) is 5.55. The maximum Gasteiger partial charge on any atom is 0.234 e. The third-order valence-electron chi connectivity index (χ3n) is 2.67. The lowest BCUT2D eigenvalue weighted by atomic mass is 10.1. The Morgan fingerprint density at radius 1 is 1.61 bits per heavy atom. The fourth-order valence-corrected chi connectivity index (χ4v) is 2.67. The van der Waals surface area contributed by atoms with Gasteiger partial charge in [0.2, 0.25) is 5.91 Å². The maximum absolute atomic E-state index is 12.0. The molecular weight excluding hydrogens is 266 g/mol. The molecule has 2 aromatic rings. The Morgan fingerprint density at radius 2 is 2.39 bits per heavy atom. The number of thiocarbonyl (C=S) groups is 1. The third kappa shape index (κ3) is 2.65. The number of hydrogen-bond donors (Lipinski definition) is 2. The third-order valence-corrected chi connectivity index (χ3v) is 3.74. The Morgan fingerprint density at radius 3 is 3.06 bits per heavy atom. The Kier molecular flexibility index (Phi) is 3.88. The number of nitrogens with zero attached hydrogens (tertiary/aromatic N) is 1. The summed E-state index contributed by atoms with van der Waals surface area (Å²) in [6.45, 7) is 1.88. The SMILES string of the molecule is CCC(C(=O)Nc1ccc2ncsc2c1)C(N)=S. The summed E-state index contributed by atoms with van der Waals surface area (Å²) in [5.74, 6) is -0.578. The number of thiazole rings is 1. The number of carbonyl (C=O) groups is 1. The van der Waals surface area contributed by atoms with Crippen LogP contribution in [0.15, 0.2) is 23.7 Å². The van der Waals surface area contributed by atoms with Crippen molar-refractivity contribution in [2.24, 2.45) is 11.7 Å². The van der Waals surface area contributed by atoms with Crippen LogP contribution in [-0.2, 0) is 4.79 Å². The number of rotatable bonds is 4. The van der Waals surface area contributed by atoms with Crippen LogP contribution in [0.1, 0.15) is 13.3 Å². The van der Waals surface area contributed by atoms with Crippen LogP contribution >= 0.6 is 23.6 Å². The average Bonchev–Trinajstić information content (AvgIpc) is 2.76. The zero-order chi connectivity index (χ0) is 13.1. The number of fused-ring (bicyclic) bond motifs is 1. The van der Waals surface area contributed by atoms with Crippen LogP contribution in [0.2, 0.25) is 0 Å². The Balaban J connectivity index is 2.17. The fourth-order valence-electron chi connectivity index (χ4n) is 1.68. The fraction of sp³-hybridized carbons (Fsp3) is 0.250. The van der Waals surface area contributed by atoms with Gasteiger partial charge in [0, 0.05) is 5.69 Å². The smallest absolute Gasteiger partial charge is 0.234 e. The van der Waals surface area contributed by atoms with Gasteiger partial charge in [-0.2, -0.15) is 0 Å². The molecule has 0 saturated carbocycles. The van der Waals surface area contributed by atoms with Crippen molar-refractivity contribution >= 4 is 50.4 Å². The van der Waals surface area contributed by atoms with Gasteiger partial charge in [0.1, 0.15) is 0 Å². The normalized spacial score (nSPS) is 12.3. The minimum Gasteiger partial charge on any atom is -0.393 e. The zero-order valence-electron chi connectivity index (χ0n) is 9.84. The lowest BCUT2D eigenvalue weighted by Crippen LogP contribution is -2.32. The summed E-state index contributed by atoms with van der Waals surface area (Å²) in [5.41, 5.74) is 8.99. The quantitative estimate of drug-likeness (QED) is 0.844. The molecule has 0 saturated heterocycles. The van der Waals surface area contributed by atoms with Gasteiger partial charge in [0.05, 0.1) is 26.6 Å². The molecule has 0 bridgehead atoms. The molecule has 1 unspecified atom stereocenters. The summed E-state index contributed by atoms with van der Waals surface area (Å²) < 4.78 is 1.04. The Labute approximate surface area is 114 Å². The summed E-state index contributed by atoms with van der Waals surface area (Å²) in [5, 5.41) is 2.83. The first-order valence-corrected chi connectivity index (χ1v) is 6.84. The van der Waals surface area contributed by atoms with E-state index in [1.54, 1.807) is 5.51 Å². The Bertz CT molecular complexity index is 594. The number of aromatic nitrogens is 1. The van der Waals surface area contributed by atoms with Crippen LogP contribution in [0, 0.1) is 5.92 Å². The van der Waals surface area contributed by atoms with Gasteiger partial charge in [-0.1, -0.05) is 19.1 Å². The lowest BCUT2D eigenvalue weighted by Gasteiger charge is -2.13. The molecule has 0 aliphatic carbocycles. The van der Waals surface area contributed by atoms with E-state index >= 15 is 0 Å². The number of anilines is 1. The van der Waals surface area contributed by atoms with E-state index in [0.29, 0.717) is 6.42 Å². The summed E-state index contributed by atoms with van der Waals surface area (Å²) in [6.07, 6.45) is 0.601. The van der Waals surface area contributed by atoms with Crippen molar-refractivity contribution in [1.29, 1.82) is 0 Å². The van der Waals surface area contributed by atoms with E-state index < -0.39 is 5.92 Å². The van der Waals surface area contributed by atoms with Crippen LogP contribution in [0.3, 0.4) is 0 Å². The molecule has 1 amide bonds. The first kappa shape index (κ1) is 12.9. The molecule has 2 rings (SSSR count). The summed E-state index contributed by atoms with van der Waals surface area (Å²) in [7, 11) is 0. The van der Waals surface area contributed by atoms with Gasteiger partial charge in [-0.25, -0.2) is 4.98 Å². The van der Waals surface area contributed by atoms with Crippen molar-refractivity contribution in [2.45, 2.75) is 13.3 Å². The van der Waals surface area contributed by atoms with E-state index in [0.717, 1.165) is 15.9 Å². The predicted molar refractivity (Wildman–Crippen MR) is 78.8 cm³/mol. The van der Waals surface area contributed by atoms with Crippen LogP contribution < -0.4 is 11.1 Å². The molecule has 1 aromatic carbocycles. The van der Waals surface area contributed by atoms with E-state index in [2.05, 4.69) is 10.3 Å². The molecule has 4 nitrogen and oxygen atoms in total. The Hall–Kier alpha value is -1.53. The van der Waals surface area contributed by atoms with Gasteiger partial charge in [-0.3, -0.25) is 4.79 Å². The first-order chi connectivity index (χ1) is 8.61. The predicted octanol–water partition coefficient (Wildman–Crippen LogP) is 2.55. The number of amides is 1. The summed E-state index contributed by atoms with van der Waals surface area (Å²) in [4.78, 5) is 16.4. The molecule has 0 aliphatic heterocycles. The van der Waals surface area contributed by atoms with Gasteiger partial charge in [-0.05, 0) is 24.6 Å². The van der Waals surface area contributed by atoms with E-state index in [1.165, 1.54) is 11.3 Å². The summed E-state index contributed by atoms with van der Waals surface area (Å²) >= 11 is 6.42. The molecule has 6 heteroatoms. The van der Waals surface area contributed by atoms with Crippen molar-refractivity contribution in [3.63, 3.8) is 0 Å². The van der Waals surface area contributed by atoms with Crippen molar-refractivity contribution < 1.29 is 4.79 Å². The minimum absolute atomic E-state index is 0.158. The number of nitrogens with two attached hydrogens (primary N) is 1. The topological polar surface area (TPSA) is 68.0 Å². The average molecular weight is 279 g/mol. The van der Waals surface area contributed by atoms with Gasteiger partial charge < -0.3 is 11.1 Å². The summed E-state index contributed by atoms with van der Waals surface area (Å²) in [6, 6.07) is 5.60. The van der Waals surface area contributed by atoms with E-state index in [1.807, 2.05) is 25.1 Å². The standard InChI is InChI=1S/C12H13N3OS2/c1-2-8(11(13)17)12(16)15-7-3-4-9-10(5-7)18-6-14-9/h3-6,8H,2H2,1H3,(H2,13,17)(H,15,16). The highest BCUT2D eigenvalue weighted by Gasteiger charge is 2.19. The molecule has 94 valence electrons. The molecule has 0 aliphatic rings. The second-order valence-corrected chi connectivity index (χ2v) is 5.25. The maximum atomic E-state index is 12.0. The number of benzene rings is 1. The highest BCUT2D eigenvalue weighted by Crippen LogP contribution is 2.22. The highest BCUT2D eigenvalue weighted by molar-refractivity contribution is 7.80. The zero-order valence-corrected chi connectivity index (χ0v) is 11.5. The van der Waals surface area contributed by atoms with Gasteiger partial charge >= 0.3 is 0 Å². The van der Waals surface area contributed by atoms with Crippen LogP contribution in [0.4, 0.5) is 5.69 Å². The molecule has 3 N–H and O–H groups in total. The molecule has 1 atom stereocenters. The van der Waals surface area contributed by atoms with Crippen LogP contribution in [0.5, 0.6) is 0 Å². The molecule has 0 spiro atoms. The second-order valence-electron chi connectivity index (χ2n) is 3.89. The van der Waals surface area contributed by atoms with Crippen molar-refractivity contribution in [3.05, 3.63) is 23.7 Å².